The van der Waals surface area contributed by atoms with Gasteiger partial charge in [-0.25, -0.2) is 0 Å². The molecule has 3 fully saturated rings. The lowest BCUT2D eigenvalue weighted by molar-refractivity contribution is -0.133. The van der Waals surface area contributed by atoms with Crippen molar-refractivity contribution in [2.24, 2.45) is 49.4 Å². The summed E-state index contributed by atoms with van der Waals surface area (Å²) in [6, 6.07) is 78.7. The number of hydrogen-bond donors (Lipinski definition) is 12. The van der Waals surface area contributed by atoms with Gasteiger partial charge < -0.3 is 81.0 Å². The number of amides is 6. The van der Waals surface area contributed by atoms with Crippen molar-refractivity contribution in [1.82, 2.24) is 46.6 Å². The Labute approximate surface area is 729 Å². The number of hydrogen-bond acceptors (Lipinski definition) is 12. The van der Waals surface area contributed by atoms with Crippen LogP contribution >= 0.6 is 46.4 Å². The number of carbonyl (C=O) groups excluding carboxylic acids is 6. The van der Waals surface area contributed by atoms with E-state index in [9.17, 15) is 28.8 Å². The molecule has 3 aliphatic heterocycles. The van der Waals surface area contributed by atoms with Crippen molar-refractivity contribution in [3.05, 3.63) is 319 Å². The quantitative estimate of drug-likeness (QED) is 0.0103. The van der Waals surface area contributed by atoms with Crippen molar-refractivity contribution < 1.29 is 28.8 Å². The van der Waals surface area contributed by atoms with Crippen molar-refractivity contribution in [2.45, 2.75) is 112 Å². The largest absolute Gasteiger partial charge is 0.370 e. The number of nitrogens with two attached hydrogens (primary N) is 6. The molecule has 28 heteroatoms. The second-order valence-corrected chi connectivity index (χ2v) is 31.9. The highest BCUT2D eigenvalue weighted by molar-refractivity contribution is 6.37. The fraction of sp³-hybridized carbons (Fsp3) is 0.323. The summed E-state index contributed by atoms with van der Waals surface area (Å²) >= 11 is 24.5. The van der Waals surface area contributed by atoms with Crippen LogP contribution in [0.5, 0.6) is 0 Å². The molecule has 0 aromatic heterocycles. The number of nitrogens with zero attached hydrogens (tertiary/aromatic N) is 6. The normalized spacial score (nSPS) is 17.3. The first-order chi connectivity index (χ1) is 58.6. The summed E-state index contributed by atoms with van der Waals surface area (Å²) < 4.78 is 0. The maximum atomic E-state index is 13.9. The van der Waals surface area contributed by atoms with Crippen LogP contribution in [0.2, 0.25) is 20.1 Å². The summed E-state index contributed by atoms with van der Waals surface area (Å²) in [4.78, 5) is 98.2. The van der Waals surface area contributed by atoms with E-state index < -0.39 is 18.1 Å². The molecular weight excluding hydrogens is 1610 g/mol. The highest BCUT2D eigenvalue weighted by Crippen LogP contribution is 2.32. The van der Waals surface area contributed by atoms with Crippen LogP contribution in [0.15, 0.2) is 264 Å². The number of benzene rings is 9. The third-order valence-electron chi connectivity index (χ3n) is 21.6. The van der Waals surface area contributed by atoms with Gasteiger partial charge in [0.1, 0.15) is 0 Å². The maximum absolute atomic E-state index is 13.9. The van der Waals surface area contributed by atoms with Crippen LogP contribution < -0.4 is 66.3 Å². The molecule has 24 nitrogen and oxygen atoms in total. The van der Waals surface area contributed by atoms with Crippen LogP contribution in [0.4, 0.5) is 0 Å². The fourth-order valence-electron chi connectivity index (χ4n) is 15.3. The van der Waals surface area contributed by atoms with Crippen LogP contribution in [-0.4, -0.2) is 183 Å². The first-order valence-electron chi connectivity index (χ1n) is 41.0. The highest BCUT2D eigenvalue weighted by Gasteiger charge is 2.37. The number of nitrogens with one attached hydrogen (secondary N) is 6. The summed E-state index contributed by atoms with van der Waals surface area (Å²) in [7, 11) is 0. The lowest BCUT2D eigenvalue weighted by atomic mass is 9.90. The summed E-state index contributed by atoms with van der Waals surface area (Å²) in [5.41, 5.74) is 41.1. The number of aliphatic imine (C=N–C) groups is 3. The number of guanidine groups is 3. The smallest absolute Gasteiger partial charge is 0.252 e. The molecule has 6 amide bonds. The molecule has 0 unspecified atom stereocenters. The zero-order valence-electron chi connectivity index (χ0n) is 67.8. The Morgan fingerprint density at radius 1 is 0.355 bits per heavy atom. The van der Waals surface area contributed by atoms with E-state index in [2.05, 4.69) is 120 Å². The van der Waals surface area contributed by atoms with E-state index in [0.717, 1.165) is 28.7 Å². The molecule has 6 atom stereocenters. The molecule has 121 heavy (non-hydrogen) atoms. The predicted molar refractivity (Wildman–Crippen MR) is 486 cm³/mol. The maximum Gasteiger partial charge on any atom is 0.252 e. The zero-order valence-corrected chi connectivity index (χ0v) is 70.8. The molecule has 3 saturated heterocycles. The summed E-state index contributed by atoms with van der Waals surface area (Å²) in [6.07, 6.45) is 5.69. The van der Waals surface area contributed by atoms with Gasteiger partial charge in [0.2, 0.25) is 17.7 Å². The molecule has 0 spiro atoms. The van der Waals surface area contributed by atoms with Gasteiger partial charge in [0, 0.05) is 130 Å². The molecule has 18 N–H and O–H groups in total. The highest BCUT2D eigenvalue weighted by atomic mass is 35.5. The van der Waals surface area contributed by atoms with Gasteiger partial charge in [-0.05, 0) is 140 Å². The Morgan fingerprint density at radius 3 is 0.942 bits per heavy atom. The lowest BCUT2D eigenvalue weighted by Crippen LogP contribution is -2.49. The number of rotatable bonds is 33. The van der Waals surface area contributed by atoms with Gasteiger partial charge in [0.25, 0.3) is 17.7 Å². The zero-order chi connectivity index (χ0) is 85.8. The van der Waals surface area contributed by atoms with Crippen molar-refractivity contribution >= 4 is 99.7 Å². The molecular formula is C93H110Cl4N18O6. The van der Waals surface area contributed by atoms with Crippen LogP contribution in [0.25, 0.3) is 0 Å². The van der Waals surface area contributed by atoms with Gasteiger partial charge in [-0.3, -0.25) is 43.7 Å². The lowest BCUT2D eigenvalue weighted by Gasteiger charge is -2.29. The van der Waals surface area contributed by atoms with E-state index in [1.165, 1.54) is 11.1 Å². The monoisotopic (exact) mass is 1710 g/mol. The van der Waals surface area contributed by atoms with E-state index in [0.29, 0.717) is 162 Å². The Bertz CT molecular complexity index is 4730. The molecule has 0 aliphatic carbocycles. The van der Waals surface area contributed by atoms with Crippen LogP contribution in [0, 0.1) is 0 Å². The molecule has 9 aromatic rings. The van der Waals surface area contributed by atoms with E-state index in [1.54, 1.807) is 48.5 Å². The minimum absolute atomic E-state index is 0.0184. The van der Waals surface area contributed by atoms with Crippen LogP contribution in [0.3, 0.4) is 0 Å². The first kappa shape index (κ1) is 91.9. The molecule has 12 rings (SSSR count). The van der Waals surface area contributed by atoms with Crippen molar-refractivity contribution in [3.63, 3.8) is 0 Å². The molecule has 3 aliphatic rings. The fourth-order valence-corrected chi connectivity index (χ4v) is 16.1. The van der Waals surface area contributed by atoms with Crippen molar-refractivity contribution in [3.8, 4) is 0 Å². The Kier molecular flexibility index (Phi) is 36.6. The van der Waals surface area contributed by atoms with E-state index in [-0.39, 0.29) is 94.2 Å². The van der Waals surface area contributed by atoms with E-state index >= 15 is 0 Å². The predicted octanol–water partition coefficient (Wildman–Crippen LogP) is 11.2. The Morgan fingerprint density at radius 2 is 0.636 bits per heavy atom. The van der Waals surface area contributed by atoms with Gasteiger partial charge in [-0.1, -0.05) is 247 Å². The molecule has 0 radical (unpaired) electrons. The van der Waals surface area contributed by atoms with Crippen molar-refractivity contribution in [1.29, 1.82) is 0 Å². The van der Waals surface area contributed by atoms with Gasteiger partial charge in [-0.15, -0.1) is 0 Å². The summed E-state index contributed by atoms with van der Waals surface area (Å²) in [5, 5.41) is 21.0. The van der Waals surface area contributed by atoms with Gasteiger partial charge in [-0.2, -0.15) is 0 Å². The van der Waals surface area contributed by atoms with Gasteiger partial charge >= 0.3 is 0 Å². The Hall–Kier alpha value is -11.4. The average molecular weight is 1720 g/mol. The first-order valence-corrected chi connectivity index (χ1v) is 42.6. The second-order valence-electron chi connectivity index (χ2n) is 30.2. The minimum Gasteiger partial charge on any atom is -0.370 e. The SMILES string of the molecule is NC(N)=NCCC[C@@H]1N[C@H](CNC(=O)c2cc(Cl)ccc2Cl)CCN(CC(c2ccccc2)c2ccccc2)C1=O.NC(N)=NCCC[C@@H]1N[C@H](CNC(=O)c2ccc(Cl)cc2Cl)CCN(CC(c2ccccc2)c2ccccc2)C1=O.NC(N)=NCCC[C@@H]1N[C@H](CNC(=O)c2ccccc2)CCN(CC(c2ccccc2)c2ccccc2)C1=O. The summed E-state index contributed by atoms with van der Waals surface area (Å²) in [5.74, 6) is -0.420. The Balaban J connectivity index is 0.000000191. The third-order valence-corrected chi connectivity index (χ3v) is 22.7. The molecule has 636 valence electrons. The topological polar surface area (TPSA) is 378 Å². The second kappa shape index (κ2) is 48.2. The van der Waals surface area contributed by atoms with Gasteiger partial charge in [0.05, 0.1) is 39.3 Å². The third kappa shape index (κ3) is 29.2. The average Bonchev–Trinajstić information content (AvgIpc) is 1.49. The molecule has 3 heterocycles. The van der Waals surface area contributed by atoms with Crippen LogP contribution in [0.1, 0.15) is 140 Å². The van der Waals surface area contributed by atoms with E-state index in [1.807, 2.05) is 142 Å². The van der Waals surface area contributed by atoms with Crippen LogP contribution in [-0.2, 0) is 14.4 Å². The van der Waals surface area contributed by atoms with Gasteiger partial charge in [0.15, 0.2) is 17.9 Å². The number of halogens is 4. The van der Waals surface area contributed by atoms with Crippen molar-refractivity contribution in [2.75, 3.05) is 78.5 Å². The number of carbonyl (C=O) groups is 6. The molecule has 0 saturated carbocycles. The van der Waals surface area contributed by atoms with E-state index in [4.69, 9.17) is 80.8 Å². The molecule has 9 aromatic carbocycles. The standard InChI is InChI=1S/2C31H36Cl2N6O2.C31H38N6O2/c32-23-13-14-27(33)25(18-23)29(40)37-19-24-15-17-39(30(41)28(38-24)12-7-16-36-31(34)35)20-26(21-8-3-1-4-9-21)22-10-5-2-6-11-22;32-23-13-14-25(27(33)18-23)29(40)37-19-24-15-17-39(30(41)28(38-24)12-7-16-36-31(34)35)20-26(21-8-3-1-4-9-21)22-10-5-2-6-11-22;32-31(33)34-19-10-17-28-30(39)37(20-18-26(36-28)21-35-29(38)25-15-8-3-9-16-25)22-27(23-11-4-1-5-12-23)24-13-6-2-7-14-24/h2*1-6,8-11,13-14,18,24,26,28,38H,7,12,15-17,19-20H2,(H,37,40)(H4,34,35,36);1-9,11-16,26-28,36H,10,17-22H2,(H,35,38)(H4,32,33,34)/t2*24-,28-;26-,28-/m000/s1. The summed E-state index contributed by atoms with van der Waals surface area (Å²) in [6.45, 7) is 5.76. The molecule has 0 bridgehead atoms. The minimum atomic E-state index is -0.449.